The van der Waals surface area contributed by atoms with Crippen LogP contribution in [0.2, 0.25) is 5.02 Å². The predicted octanol–water partition coefficient (Wildman–Crippen LogP) is 4.82. The molecule has 1 aromatic carbocycles. The second-order valence-corrected chi connectivity index (χ2v) is 8.53. The van der Waals surface area contributed by atoms with Gasteiger partial charge < -0.3 is 5.32 Å². The van der Waals surface area contributed by atoms with E-state index >= 15 is 0 Å². The minimum absolute atomic E-state index is 0.0557. The summed E-state index contributed by atoms with van der Waals surface area (Å²) >= 11 is 9.45. The Kier molecular flexibility index (Phi) is 7.26. The Morgan fingerprint density at radius 1 is 1.00 bits per heavy atom. The highest BCUT2D eigenvalue weighted by Crippen LogP contribution is 2.17. The average Bonchev–Trinajstić information content (AvgIpc) is 3.29. The standard InChI is InChI=1S/C20H21ClN2OS2/c21-17-5-1-4-16(12-17)8-9-22-20(24)15-23(13-18-6-2-10-25-18)14-19-7-3-11-26-19/h1-7,10-12H,8-9,13-15H2,(H,22,24). The number of carbonyl (C=O) groups is 1. The topological polar surface area (TPSA) is 32.3 Å². The Morgan fingerprint density at radius 3 is 2.27 bits per heavy atom. The maximum atomic E-state index is 12.4. The van der Waals surface area contributed by atoms with Gasteiger partial charge in [-0.1, -0.05) is 35.9 Å². The third kappa shape index (κ3) is 6.25. The van der Waals surface area contributed by atoms with Gasteiger partial charge in [0.05, 0.1) is 6.54 Å². The van der Waals surface area contributed by atoms with Gasteiger partial charge in [-0.15, -0.1) is 22.7 Å². The summed E-state index contributed by atoms with van der Waals surface area (Å²) in [5.41, 5.74) is 1.13. The van der Waals surface area contributed by atoms with E-state index in [9.17, 15) is 4.79 Å². The number of nitrogens with one attached hydrogen (secondary N) is 1. The van der Waals surface area contributed by atoms with Crippen molar-refractivity contribution in [2.45, 2.75) is 19.5 Å². The SMILES string of the molecule is O=C(CN(Cc1cccs1)Cc1cccs1)NCCc1cccc(Cl)c1. The van der Waals surface area contributed by atoms with Crippen LogP contribution >= 0.6 is 34.3 Å². The van der Waals surface area contributed by atoms with E-state index in [0.717, 1.165) is 30.1 Å². The van der Waals surface area contributed by atoms with Crippen molar-refractivity contribution in [2.75, 3.05) is 13.1 Å². The number of rotatable bonds is 9. The predicted molar refractivity (Wildman–Crippen MR) is 111 cm³/mol. The molecule has 2 heterocycles. The molecule has 3 nitrogen and oxygen atoms in total. The van der Waals surface area contributed by atoms with Gasteiger partial charge in [-0.3, -0.25) is 9.69 Å². The van der Waals surface area contributed by atoms with Gasteiger partial charge in [0.25, 0.3) is 0 Å². The molecule has 2 aromatic heterocycles. The van der Waals surface area contributed by atoms with Gasteiger partial charge >= 0.3 is 0 Å². The lowest BCUT2D eigenvalue weighted by atomic mass is 10.1. The van der Waals surface area contributed by atoms with Crippen molar-refractivity contribution < 1.29 is 4.79 Å². The Bertz CT molecular complexity index is 767. The number of benzene rings is 1. The minimum atomic E-state index is 0.0557. The fourth-order valence-electron chi connectivity index (χ4n) is 2.71. The highest BCUT2D eigenvalue weighted by Gasteiger charge is 2.13. The molecule has 0 saturated carbocycles. The molecule has 26 heavy (non-hydrogen) atoms. The van der Waals surface area contributed by atoms with Gasteiger partial charge in [0.1, 0.15) is 0 Å². The van der Waals surface area contributed by atoms with Crippen molar-refractivity contribution >= 4 is 40.2 Å². The molecule has 0 radical (unpaired) electrons. The van der Waals surface area contributed by atoms with Gasteiger partial charge in [0.15, 0.2) is 0 Å². The number of amides is 1. The quantitative estimate of drug-likeness (QED) is 0.554. The Hall–Kier alpha value is -1.66. The molecule has 6 heteroatoms. The molecule has 0 aliphatic heterocycles. The monoisotopic (exact) mass is 404 g/mol. The number of carbonyl (C=O) groups excluding carboxylic acids is 1. The number of halogens is 1. The molecular weight excluding hydrogens is 384 g/mol. The molecule has 3 aromatic rings. The van der Waals surface area contributed by atoms with Crippen LogP contribution in [0.5, 0.6) is 0 Å². The molecule has 136 valence electrons. The molecule has 1 amide bonds. The summed E-state index contributed by atoms with van der Waals surface area (Å²) in [5, 5.41) is 7.90. The van der Waals surface area contributed by atoms with Gasteiger partial charge in [-0.25, -0.2) is 0 Å². The van der Waals surface area contributed by atoms with Crippen LogP contribution in [0.4, 0.5) is 0 Å². The molecule has 0 aliphatic carbocycles. The van der Waals surface area contributed by atoms with E-state index in [-0.39, 0.29) is 5.91 Å². The molecule has 1 N–H and O–H groups in total. The highest BCUT2D eigenvalue weighted by atomic mass is 35.5. The lowest BCUT2D eigenvalue weighted by Gasteiger charge is -2.20. The Balaban J connectivity index is 1.50. The van der Waals surface area contributed by atoms with Crippen molar-refractivity contribution in [3.05, 3.63) is 79.6 Å². The lowest BCUT2D eigenvalue weighted by molar-refractivity contribution is -0.122. The first-order chi connectivity index (χ1) is 12.7. The van der Waals surface area contributed by atoms with Gasteiger partial charge in [0.2, 0.25) is 5.91 Å². The van der Waals surface area contributed by atoms with E-state index in [2.05, 4.69) is 33.1 Å². The van der Waals surface area contributed by atoms with Crippen LogP contribution < -0.4 is 5.32 Å². The average molecular weight is 405 g/mol. The van der Waals surface area contributed by atoms with E-state index in [1.165, 1.54) is 9.75 Å². The normalized spacial score (nSPS) is 11.0. The van der Waals surface area contributed by atoms with E-state index < -0.39 is 0 Å². The number of hydrogen-bond acceptors (Lipinski definition) is 4. The highest BCUT2D eigenvalue weighted by molar-refractivity contribution is 7.10. The maximum Gasteiger partial charge on any atom is 0.234 e. The number of hydrogen-bond donors (Lipinski definition) is 1. The summed E-state index contributed by atoms with van der Waals surface area (Å²) in [4.78, 5) is 17.1. The van der Waals surface area contributed by atoms with Gasteiger partial charge in [-0.05, 0) is 47.0 Å². The van der Waals surface area contributed by atoms with Crippen molar-refractivity contribution in [3.8, 4) is 0 Å². The van der Waals surface area contributed by atoms with Crippen LogP contribution in [-0.2, 0) is 24.3 Å². The van der Waals surface area contributed by atoms with Crippen molar-refractivity contribution in [3.63, 3.8) is 0 Å². The third-order valence-electron chi connectivity index (χ3n) is 3.91. The van der Waals surface area contributed by atoms with Gasteiger partial charge in [0, 0.05) is 34.4 Å². The summed E-state index contributed by atoms with van der Waals surface area (Å²) in [5.74, 6) is 0.0557. The fraction of sp³-hybridized carbons (Fsp3) is 0.250. The molecule has 0 unspecified atom stereocenters. The van der Waals surface area contributed by atoms with Crippen molar-refractivity contribution in [2.24, 2.45) is 0 Å². The van der Waals surface area contributed by atoms with Crippen LogP contribution in [0.25, 0.3) is 0 Å². The zero-order valence-electron chi connectivity index (χ0n) is 14.4. The lowest BCUT2D eigenvalue weighted by Crippen LogP contribution is -2.37. The molecule has 0 fully saturated rings. The van der Waals surface area contributed by atoms with Crippen LogP contribution in [0.15, 0.2) is 59.3 Å². The third-order valence-corrected chi connectivity index (χ3v) is 5.87. The molecule has 0 aliphatic rings. The van der Waals surface area contributed by atoms with E-state index in [1.807, 2.05) is 36.4 Å². The van der Waals surface area contributed by atoms with Crippen molar-refractivity contribution in [1.29, 1.82) is 0 Å². The van der Waals surface area contributed by atoms with Crippen LogP contribution in [0.3, 0.4) is 0 Å². The zero-order valence-corrected chi connectivity index (χ0v) is 16.7. The first-order valence-electron chi connectivity index (χ1n) is 8.47. The smallest absolute Gasteiger partial charge is 0.234 e. The number of nitrogens with zero attached hydrogens (tertiary/aromatic N) is 1. The second kappa shape index (κ2) is 9.88. The molecule has 0 atom stereocenters. The Labute approximate surface area is 167 Å². The van der Waals surface area contributed by atoms with E-state index in [1.54, 1.807) is 22.7 Å². The second-order valence-electron chi connectivity index (χ2n) is 6.03. The Morgan fingerprint density at radius 2 is 1.69 bits per heavy atom. The minimum Gasteiger partial charge on any atom is -0.355 e. The molecule has 0 saturated heterocycles. The van der Waals surface area contributed by atoms with Crippen molar-refractivity contribution in [1.82, 2.24) is 10.2 Å². The van der Waals surface area contributed by atoms with Crippen LogP contribution in [-0.4, -0.2) is 23.9 Å². The van der Waals surface area contributed by atoms with E-state index in [4.69, 9.17) is 11.6 Å². The summed E-state index contributed by atoms with van der Waals surface area (Å²) in [6, 6.07) is 16.1. The van der Waals surface area contributed by atoms with Crippen LogP contribution in [0, 0.1) is 0 Å². The van der Waals surface area contributed by atoms with Crippen LogP contribution in [0.1, 0.15) is 15.3 Å². The molecular formula is C20H21ClN2OS2. The largest absolute Gasteiger partial charge is 0.355 e. The first-order valence-corrected chi connectivity index (χ1v) is 10.6. The molecule has 0 spiro atoms. The molecule has 3 rings (SSSR count). The summed E-state index contributed by atoms with van der Waals surface area (Å²) < 4.78 is 0. The fourth-order valence-corrected chi connectivity index (χ4v) is 4.42. The first kappa shape index (κ1) is 19.1. The maximum absolute atomic E-state index is 12.4. The summed E-state index contributed by atoms with van der Waals surface area (Å²) in [6.45, 7) is 2.59. The molecule has 0 bridgehead atoms. The summed E-state index contributed by atoms with van der Waals surface area (Å²) in [7, 11) is 0. The summed E-state index contributed by atoms with van der Waals surface area (Å²) in [6.07, 6.45) is 0.780. The number of thiophene rings is 2. The zero-order chi connectivity index (χ0) is 18.2. The van der Waals surface area contributed by atoms with Gasteiger partial charge in [-0.2, -0.15) is 0 Å². The van der Waals surface area contributed by atoms with E-state index in [0.29, 0.717) is 13.1 Å².